The normalized spacial score (nSPS) is 11.7. The van der Waals surface area contributed by atoms with Gasteiger partial charge in [0.1, 0.15) is 5.75 Å². The van der Waals surface area contributed by atoms with Gasteiger partial charge in [0.2, 0.25) is 0 Å². The van der Waals surface area contributed by atoms with E-state index in [1.165, 1.54) is 12.1 Å². The topological polar surface area (TPSA) is 59.6 Å². The molecule has 0 saturated heterocycles. The van der Waals surface area contributed by atoms with Crippen LogP contribution in [0.4, 0.5) is 8.78 Å². The maximum atomic E-state index is 12.1. The van der Waals surface area contributed by atoms with E-state index >= 15 is 0 Å². The Morgan fingerprint density at radius 1 is 1.47 bits per heavy atom. The van der Waals surface area contributed by atoms with Crippen LogP contribution in [-0.4, -0.2) is 19.1 Å². The minimum absolute atomic E-state index is 0.125. The molecule has 0 aromatic heterocycles. The van der Waals surface area contributed by atoms with Crippen LogP contribution in [-0.2, 0) is 6.54 Å². The molecule has 0 aliphatic rings. The third kappa shape index (κ3) is 6.59. The van der Waals surface area contributed by atoms with E-state index in [2.05, 4.69) is 22.0 Å². The van der Waals surface area contributed by atoms with Gasteiger partial charge >= 0.3 is 6.61 Å². The molecular formula is C13H19F2N3O. The molecule has 0 unspecified atom stereocenters. The summed E-state index contributed by atoms with van der Waals surface area (Å²) in [6.07, 6.45) is 2.10. The lowest BCUT2D eigenvalue weighted by Gasteiger charge is -2.06. The second-order valence-electron chi connectivity index (χ2n) is 4.01. The molecule has 19 heavy (non-hydrogen) atoms. The SMILES string of the molecule is CCCCNC(N)=NCc1cccc(OC(F)F)c1. The van der Waals surface area contributed by atoms with Gasteiger partial charge in [-0.15, -0.1) is 0 Å². The first-order chi connectivity index (χ1) is 9.11. The van der Waals surface area contributed by atoms with Crippen LogP contribution >= 0.6 is 0 Å². The van der Waals surface area contributed by atoms with Gasteiger partial charge in [-0.05, 0) is 24.1 Å². The molecule has 1 aromatic carbocycles. The van der Waals surface area contributed by atoms with E-state index in [1.807, 2.05) is 0 Å². The first-order valence-corrected chi connectivity index (χ1v) is 6.19. The fraction of sp³-hybridized carbons (Fsp3) is 0.462. The Hall–Kier alpha value is -1.85. The lowest BCUT2D eigenvalue weighted by Crippen LogP contribution is -2.32. The number of rotatable bonds is 7. The molecule has 0 spiro atoms. The summed E-state index contributed by atoms with van der Waals surface area (Å²) in [6.45, 7) is 0.370. The maximum Gasteiger partial charge on any atom is 0.387 e. The number of hydrogen-bond donors (Lipinski definition) is 2. The van der Waals surface area contributed by atoms with E-state index in [0.717, 1.165) is 24.9 Å². The Morgan fingerprint density at radius 2 is 2.26 bits per heavy atom. The molecule has 0 fully saturated rings. The van der Waals surface area contributed by atoms with Crippen molar-refractivity contribution >= 4 is 5.96 Å². The Balaban J connectivity index is 2.50. The number of nitrogens with one attached hydrogen (secondary N) is 1. The van der Waals surface area contributed by atoms with Gasteiger partial charge in [-0.3, -0.25) is 0 Å². The molecule has 0 aliphatic heterocycles. The first kappa shape index (κ1) is 15.2. The molecule has 1 aromatic rings. The van der Waals surface area contributed by atoms with Gasteiger partial charge in [0.25, 0.3) is 0 Å². The van der Waals surface area contributed by atoms with Crippen molar-refractivity contribution in [2.75, 3.05) is 6.54 Å². The van der Waals surface area contributed by atoms with Crippen LogP contribution in [0.25, 0.3) is 0 Å². The van der Waals surface area contributed by atoms with Crippen molar-refractivity contribution in [3.8, 4) is 5.75 Å². The average molecular weight is 271 g/mol. The van der Waals surface area contributed by atoms with Gasteiger partial charge in [-0.1, -0.05) is 25.5 Å². The largest absolute Gasteiger partial charge is 0.435 e. The Labute approximate surface area is 111 Å². The number of hydrogen-bond acceptors (Lipinski definition) is 2. The molecular weight excluding hydrogens is 252 g/mol. The molecule has 4 nitrogen and oxygen atoms in total. The number of unbranched alkanes of at least 4 members (excludes halogenated alkanes) is 1. The second-order valence-corrected chi connectivity index (χ2v) is 4.01. The van der Waals surface area contributed by atoms with Crippen molar-refractivity contribution in [1.29, 1.82) is 0 Å². The number of ether oxygens (including phenoxy) is 1. The fourth-order valence-electron chi connectivity index (χ4n) is 1.45. The Morgan fingerprint density at radius 3 is 2.95 bits per heavy atom. The van der Waals surface area contributed by atoms with Crippen LogP contribution in [0.3, 0.4) is 0 Å². The zero-order valence-electron chi connectivity index (χ0n) is 10.9. The van der Waals surface area contributed by atoms with Crippen LogP contribution < -0.4 is 15.8 Å². The summed E-state index contributed by atoms with van der Waals surface area (Å²) in [5.74, 6) is 0.480. The van der Waals surface area contributed by atoms with Gasteiger partial charge in [-0.25, -0.2) is 4.99 Å². The number of benzene rings is 1. The van der Waals surface area contributed by atoms with E-state index in [9.17, 15) is 8.78 Å². The number of halogens is 2. The standard InChI is InChI=1S/C13H19F2N3O/c1-2-3-7-17-13(16)18-9-10-5-4-6-11(8-10)19-12(14)15/h4-6,8,12H,2-3,7,9H2,1H3,(H3,16,17,18). The lowest BCUT2D eigenvalue weighted by atomic mass is 10.2. The van der Waals surface area contributed by atoms with Gasteiger partial charge in [0, 0.05) is 6.54 Å². The summed E-state index contributed by atoms with van der Waals surface area (Å²) < 4.78 is 28.4. The van der Waals surface area contributed by atoms with Gasteiger partial charge < -0.3 is 15.8 Å². The molecule has 0 aliphatic carbocycles. The zero-order valence-corrected chi connectivity index (χ0v) is 10.9. The molecule has 3 N–H and O–H groups in total. The minimum atomic E-state index is -2.82. The number of alkyl halides is 2. The van der Waals surface area contributed by atoms with Crippen LogP contribution in [0.1, 0.15) is 25.3 Å². The third-order valence-corrected chi connectivity index (χ3v) is 2.39. The molecule has 0 amide bonds. The average Bonchev–Trinajstić information content (AvgIpc) is 2.36. The predicted octanol–water partition coefficient (Wildman–Crippen LogP) is 2.49. The van der Waals surface area contributed by atoms with Crippen molar-refractivity contribution < 1.29 is 13.5 Å². The summed E-state index contributed by atoms with van der Waals surface area (Å²) in [5.41, 5.74) is 6.43. The van der Waals surface area contributed by atoms with E-state index in [0.29, 0.717) is 12.5 Å². The summed E-state index contributed by atoms with van der Waals surface area (Å²) >= 11 is 0. The molecule has 106 valence electrons. The molecule has 0 atom stereocenters. The van der Waals surface area contributed by atoms with Gasteiger partial charge in [0.15, 0.2) is 5.96 Å². The highest BCUT2D eigenvalue weighted by molar-refractivity contribution is 5.77. The van der Waals surface area contributed by atoms with Gasteiger partial charge in [0.05, 0.1) is 6.54 Å². The predicted molar refractivity (Wildman–Crippen MR) is 71.3 cm³/mol. The number of guanidine groups is 1. The smallest absolute Gasteiger partial charge is 0.387 e. The second kappa shape index (κ2) is 8.29. The highest BCUT2D eigenvalue weighted by atomic mass is 19.3. The Bertz CT molecular complexity index is 411. The fourth-order valence-corrected chi connectivity index (χ4v) is 1.45. The molecule has 0 heterocycles. The summed E-state index contributed by atoms with van der Waals surface area (Å²) in [5, 5.41) is 2.98. The van der Waals surface area contributed by atoms with Crippen LogP contribution in [0.5, 0.6) is 5.75 Å². The molecule has 0 radical (unpaired) electrons. The van der Waals surface area contributed by atoms with Crippen molar-refractivity contribution in [2.45, 2.75) is 32.9 Å². The number of aliphatic imine (C=N–C) groups is 1. The number of nitrogens with two attached hydrogens (primary N) is 1. The monoisotopic (exact) mass is 271 g/mol. The van der Waals surface area contributed by atoms with Crippen molar-refractivity contribution in [3.05, 3.63) is 29.8 Å². The van der Waals surface area contributed by atoms with E-state index in [4.69, 9.17) is 5.73 Å². The summed E-state index contributed by atoms with van der Waals surface area (Å²) in [6, 6.07) is 6.42. The molecule has 0 bridgehead atoms. The van der Waals surface area contributed by atoms with Crippen molar-refractivity contribution in [2.24, 2.45) is 10.7 Å². The first-order valence-electron chi connectivity index (χ1n) is 6.19. The van der Waals surface area contributed by atoms with Gasteiger partial charge in [-0.2, -0.15) is 8.78 Å². The zero-order chi connectivity index (χ0) is 14.1. The third-order valence-electron chi connectivity index (χ3n) is 2.39. The van der Waals surface area contributed by atoms with E-state index < -0.39 is 6.61 Å². The van der Waals surface area contributed by atoms with Crippen molar-refractivity contribution in [3.63, 3.8) is 0 Å². The Kier molecular flexibility index (Phi) is 6.63. The van der Waals surface area contributed by atoms with E-state index in [-0.39, 0.29) is 5.75 Å². The minimum Gasteiger partial charge on any atom is -0.435 e. The molecule has 0 saturated carbocycles. The molecule has 1 rings (SSSR count). The number of nitrogens with zero attached hydrogens (tertiary/aromatic N) is 1. The van der Waals surface area contributed by atoms with Crippen LogP contribution in [0.15, 0.2) is 29.3 Å². The molecule has 6 heteroatoms. The van der Waals surface area contributed by atoms with Crippen LogP contribution in [0, 0.1) is 0 Å². The lowest BCUT2D eigenvalue weighted by molar-refractivity contribution is -0.0498. The van der Waals surface area contributed by atoms with Crippen molar-refractivity contribution in [1.82, 2.24) is 5.32 Å². The summed E-state index contributed by atoms with van der Waals surface area (Å²) in [4.78, 5) is 4.13. The highest BCUT2D eigenvalue weighted by Gasteiger charge is 2.04. The highest BCUT2D eigenvalue weighted by Crippen LogP contribution is 2.16. The quantitative estimate of drug-likeness (QED) is 0.455. The van der Waals surface area contributed by atoms with E-state index in [1.54, 1.807) is 12.1 Å². The van der Waals surface area contributed by atoms with Crippen LogP contribution in [0.2, 0.25) is 0 Å². The maximum absolute atomic E-state index is 12.1. The summed E-state index contributed by atoms with van der Waals surface area (Å²) in [7, 11) is 0.